The third-order valence-electron chi connectivity index (χ3n) is 4.10. The Morgan fingerprint density at radius 3 is 2.48 bits per heavy atom. The van der Waals surface area contributed by atoms with Crippen LogP contribution in [0.4, 0.5) is 5.95 Å². The van der Waals surface area contributed by atoms with Gasteiger partial charge in [-0.3, -0.25) is 0 Å². The summed E-state index contributed by atoms with van der Waals surface area (Å²) < 4.78 is 6.99. The van der Waals surface area contributed by atoms with Gasteiger partial charge in [0, 0.05) is 21.3 Å². The quantitative estimate of drug-likeness (QED) is 0.726. The van der Waals surface area contributed by atoms with Crippen molar-refractivity contribution in [1.29, 1.82) is 0 Å². The minimum atomic E-state index is -0.253. The number of hydrogen-bond acceptors (Lipinski definition) is 4. The van der Waals surface area contributed by atoms with Gasteiger partial charge in [-0.25, -0.2) is 4.68 Å². The number of anilines is 1. The van der Waals surface area contributed by atoms with Gasteiger partial charge in [0.2, 0.25) is 5.95 Å². The number of ether oxygens (including phenoxy) is 1. The van der Waals surface area contributed by atoms with Crippen LogP contribution in [0, 0.1) is 0 Å². The van der Waals surface area contributed by atoms with E-state index in [9.17, 15) is 0 Å². The minimum absolute atomic E-state index is 0.253. The molecule has 1 atom stereocenters. The normalized spacial score (nSPS) is 16.0. The lowest BCUT2D eigenvalue weighted by molar-refractivity contribution is 0.415. The number of allylic oxidation sites excluding steroid dienone is 1. The molecule has 1 N–H and O–H groups in total. The number of fused-ring (bicyclic) bond motifs is 1. The maximum atomic E-state index is 6.42. The van der Waals surface area contributed by atoms with E-state index < -0.39 is 0 Å². The maximum absolute atomic E-state index is 6.42. The zero-order chi connectivity index (χ0) is 17.4. The number of benzene rings is 2. The fourth-order valence-corrected chi connectivity index (χ4v) is 3.49. The molecule has 1 aliphatic heterocycles. The molecule has 2 aromatic carbocycles. The summed E-state index contributed by atoms with van der Waals surface area (Å²) in [6.07, 6.45) is 3.54. The first kappa shape index (κ1) is 16.0. The lowest BCUT2D eigenvalue weighted by Crippen LogP contribution is -2.20. The second-order valence-electron chi connectivity index (χ2n) is 5.54. The van der Waals surface area contributed by atoms with E-state index in [1.54, 1.807) is 11.8 Å². The van der Waals surface area contributed by atoms with Crippen molar-refractivity contribution in [3.05, 3.63) is 76.0 Å². The molecule has 0 amide bonds. The number of methoxy groups -OCH3 is 1. The van der Waals surface area contributed by atoms with Crippen LogP contribution in [-0.2, 0) is 0 Å². The Morgan fingerprint density at radius 1 is 1.08 bits per heavy atom. The Hall–Kier alpha value is -2.50. The standard InChI is InChI=1S/C18H14Cl2N4O/c1-25-12-7-5-11(6-8-12)15-9-16(24-18(23-15)21-10-22-24)17-13(19)3-2-4-14(17)20/h2-10,16H,1H3,(H,21,22,23)/t16-/m0/s1. The lowest BCUT2D eigenvalue weighted by atomic mass is 10.0. The molecule has 7 heteroatoms. The largest absolute Gasteiger partial charge is 0.497 e. The van der Waals surface area contributed by atoms with Crippen LogP contribution in [-0.4, -0.2) is 21.9 Å². The minimum Gasteiger partial charge on any atom is -0.497 e. The molecule has 0 fully saturated rings. The predicted octanol–water partition coefficient (Wildman–Crippen LogP) is 4.65. The monoisotopic (exact) mass is 372 g/mol. The molecular weight excluding hydrogens is 359 g/mol. The van der Waals surface area contributed by atoms with E-state index in [4.69, 9.17) is 27.9 Å². The van der Waals surface area contributed by atoms with Crippen molar-refractivity contribution in [2.24, 2.45) is 0 Å². The number of nitrogens with one attached hydrogen (secondary N) is 1. The number of rotatable bonds is 3. The molecule has 0 radical (unpaired) electrons. The molecule has 1 aromatic heterocycles. The first-order chi connectivity index (χ1) is 12.2. The van der Waals surface area contributed by atoms with Gasteiger partial charge in [0.25, 0.3) is 0 Å². The molecule has 0 spiro atoms. The van der Waals surface area contributed by atoms with Crippen LogP contribution in [0.5, 0.6) is 5.75 Å². The summed E-state index contributed by atoms with van der Waals surface area (Å²) in [7, 11) is 1.64. The second kappa shape index (κ2) is 6.43. The predicted molar refractivity (Wildman–Crippen MR) is 99.2 cm³/mol. The Kier molecular flexibility index (Phi) is 4.11. The molecule has 126 valence electrons. The Bertz CT molecular complexity index is 930. The first-order valence-electron chi connectivity index (χ1n) is 7.64. The Labute approximate surface area is 154 Å². The van der Waals surface area contributed by atoms with E-state index in [1.165, 1.54) is 6.33 Å². The van der Waals surface area contributed by atoms with Gasteiger partial charge in [-0.1, -0.05) is 29.3 Å². The van der Waals surface area contributed by atoms with Gasteiger partial charge in [-0.05, 0) is 48.0 Å². The summed E-state index contributed by atoms with van der Waals surface area (Å²) in [5.41, 5.74) is 2.71. The zero-order valence-electron chi connectivity index (χ0n) is 13.3. The number of aromatic nitrogens is 3. The van der Waals surface area contributed by atoms with Crippen molar-refractivity contribution < 1.29 is 4.74 Å². The fourth-order valence-electron chi connectivity index (χ4n) is 2.87. The molecule has 0 saturated carbocycles. The summed E-state index contributed by atoms with van der Waals surface area (Å²) >= 11 is 12.8. The average molecular weight is 373 g/mol. The highest BCUT2D eigenvalue weighted by molar-refractivity contribution is 6.36. The Morgan fingerprint density at radius 2 is 1.80 bits per heavy atom. The first-order valence-corrected chi connectivity index (χ1v) is 8.39. The molecule has 0 unspecified atom stereocenters. The van der Waals surface area contributed by atoms with Gasteiger partial charge in [0.15, 0.2) is 0 Å². The van der Waals surface area contributed by atoms with Gasteiger partial charge >= 0.3 is 0 Å². The third-order valence-corrected chi connectivity index (χ3v) is 4.76. The van der Waals surface area contributed by atoms with Gasteiger partial charge in [-0.2, -0.15) is 10.1 Å². The second-order valence-corrected chi connectivity index (χ2v) is 6.36. The van der Waals surface area contributed by atoms with Crippen LogP contribution in [0.15, 0.2) is 54.9 Å². The Balaban J connectivity index is 1.83. The average Bonchev–Trinajstić information content (AvgIpc) is 3.10. The van der Waals surface area contributed by atoms with E-state index in [1.807, 2.05) is 48.5 Å². The van der Waals surface area contributed by atoms with Gasteiger partial charge < -0.3 is 10.1 Å². The van der Waals surface area contributed by atoms with E-state index in [2.05, 4.69) is 15.4 Å². The van der Waals surface area contributed by atoms with Crippen LogP contribution >= 0.6 is 23.2 Å². The van der Waals surface area contributed by atoms with Crippen molar-refractivity contribution >= 4 is 34.8 Å². The van der Waals surface area contributed by atoms with E-state index >= 15 is 0 Å². The molecule has 5 nitrogen and oxygen atoms in total. The topological polar surface area (TPSA) is 52.0 Å². The highest BCUT2D eigenvalue weighted by Crippen LogP contribution is 2.38. The highest BCUT2D eigenvalue weighted by Gasteiger charge is 2.26. The number of nitrogens with zero attached hydrogens (tertiary/aromatic N) is 3. The highest BCUT2D eigenvalue weighted by atomic mass is 35.5. The van der Waals surface area contributed by atoms with Crippen LogP contribution in [0.3, 0.4) is 0 Å². The van der Waals surface area contributed by atoms with E-state index in [0.717, 1.165) is 22.6 Å². The lowest BCUT2D eigenvalue weighted by Gasteiger charge is -2.25. The van der Waals surface area contributed by atoms with Gasteiger partial charge in [0.1, 0.15) is 18.1 Å². The number of halogens is 2. The van der Waals surface area contributed by atoms with Crippen molar-refractivity contribution in [2.45, 2.75) is 6.04 Å². The molecule has 0 aliphatic carbocycles. The molecule has 0 saturated heterocycles. The van der Waals surface area contributed by atoms with E-state index in [-0.39, 0.29) is 6.04 Å². The summed E-state index contributed by atoms with van der Waals surface area (Å²) in [4.78, 5) is 4.29. The SMILES string of the molecule is COc1ccc(C2=C[C@@H](c3c(Cl)cccc3Cl)n3ncnc3N2)cc1. The molecule has 0 bridgehead atoms. The van der Waals surface area contributed by atoms with Crippen LogP contribution in [0.1, 0.15) is 17.2 Å². The van der Waals surface area contributed by atoms with Crippen LogP contribution < -0.4 is 10.1 Å². The fraction of sp³-hybridized carbons (Fsp3) is 0.111. The van der Waals surface area contributed by atoms with Gasteiger partial charge in [-0.15, -0.1) is 0 Å². The van der Waals surface area contributed by atoms with Crippen molar-refractivity contribution in [3.63, 3.8) is 0 Å². The molecular formula is C18H14Cl2N4O. The summed E-state index contributed by atoms with van der Waals surface area (Å²) in [5, 5.41) is 8.78. The van der Waals surface area contributed by atoms with Crippen molar-refractivity contribution in [2.75, 3.05) is 12.4 Å². The van der Waals surface area contributed by atoms with Crippen molar-refractivity contribution in [3.8, 4) is 5.75 Å². The number of hydrogen-bond donors (Lipinski definition) is 1. The summed E-state index contributed by atoms with van der Waals surface area (Å²) in [5.74, 6) is 1.43. The maximum Gasteiger partial charge on any atom is 0.226 e. The molecule has 3 aromatic rings. The molecule has 1 aliphatic rings. The summed E-state index contributed by atoms with van der Waals surface area (Å²) in [6, 6.07) is 13.0. The van der Waals surface area contributed by atoms with Crippen LogP contribution in [0.2, 0.25) is 10.0 Å². The van der Waals surface area contributed by atoms with Gasteiger partial charge in [0.05, 0.1) is 7.11 Å². The smallest absolute Gasteiger partial charge is 0.226 e. The molecule has 4 rings (SSSR count). The van der Waals surface area contributed by atoms with E-state index in [0.29, 0.717) is 16.0 Å². The zero-order valence-corrected chi connectivity index (χ0v) is 14.8. The van der Waals surface area contributed by atoms with Crippen LogP contribution in [0.25, 0.3) is 5.70 Å². The molecule has 25 heavy (non-hydrogen) atoms. The molecule has 2 heterocycles. The summed E-state index contributed by atoms with van der Waals surface area (Å²) in [6.45, 7) is 0. The van der Waals surface area contributed by atoms with Crippen molar-refractivity contribution in [1.82, 2.24) is 14.8 Å². The third kappa shape index (κ3) is 2.86.